The summed E-state index contributed by atoms with van der Waals surface area (Å²) in [5.74, 6) is 0.964. The smallest absolute Gasteiger partial charge is 0.0110 e. The van der Waals surface area contributed by atoms with Crippen molar-refractivity contribution in [1.82, 2.24) is 14.7 Å². The van der Waals surface area contributed by atoms with E-state index < -0.39 is 0 Å². The Hall–Kier alpha value is -0.120. The van der Waals surface area contributed by atoms with Gasteiger partial charge in [-0.05, 0) is 63.6 Å². The lowest BCUT2D eigenvalue weighted by atomic mass is 9.93. The Balaban J connectivity index is 1.35. The molecule has 21 heavy (non-hydrogen) atoms. The Labute approximate surface area is 131 Å². The van der Waals surface area contributed by atoms with Gasteiger partial charge in [0.25, 0.3) is 0 Å². The largest absolute Gasteiger partial charge is 0.304 e. The Morgan fingerprint density at radius 2 is 1.57 bits per heavy atom. The van der Waals surface area contributed by atoms with Gasteiger partial charge in [0.1, 0.15) is 0 Å². The van der Waals surface area contributed by atoms with Crippen LogP contribution in [0.3, 0.4) is 0 Å². The lowest BCUT2D eigenvalue weighted by molar-refractivity contribution is 0.0971. The molecule has 122 valence electrons. The molecule has 0 unspecified atom stereocenters. The van der Waals surface area contributed by atoms with E-state index >= 15 is 0 Å². The van der Waals surface area contributed by atoms with Crippen molar-refractivity contribution in [3.8, 4) is 0 Å². The van der Waals surface area contributed by atoms with Gasteiger partial charge in [0.15, 0.2) is 0 Å². The Kier molecular flexibility index (Phi) is 5.23. The summed E-state index contributed by atoms with van der Waals surface area (Å²) >= 11 is 0. The summed E-state index contributed by atoms with van der Waals surface area (Å²) in [5, 5.41) is 0. The fourth-order valence-corrected chi connectivity index (χ4v) is 4.39. The number of piperidine rings is 1. The molecule has 2 saturated heterocycles. The van der Waals surface area contributed by atoms with Crippen molar-refractivity contribution < 1.29 is 0 Å². The van der Waals surface area contributed by atoms with Crippen LogP contribution in [0, 0.1) is 11.3 Å². The monoisotopic (exact) mass is 293 g/mol. The summed E-state index contributed by atoms with van der Waals surface area (Å²) in [6, 6.07) is 0. The molecule has 0 amide bonds. The third-order valence-electron chi connectivity index (χ3n) is 6.12. The van der Waals surface area contributed by atoms with Crippen LogP contribution in [0.2, 0.25) is 0 Å². The molecule has 0 bridgehead atoms. The number of piperazine rings is 1. The summed E-state index contributed by atoms with van der Waals surface area (Å²) in [4.78, 5) is 7.95. The molecule has 1 aliphatic carbocycles. The molecular weight excluding hydrogens is 258 g/mol. The molecule has 3 rings (SSSR count). The summed E-state index contributed by atoms with van der Waals surface area (Å²) in [7, 11) is 2.25. The van der Waals surface area contributed by atoms with Crippen molar-refractivity contribution in [3.63, 3.8) is 0 Å². The van der Waals surface area contributed by atoms with Crippen LogP contribution in [0.4, 0.5) is 0 Å². The molecule has 0 aromatic heterocycles. The summed E-state index contributed by atoms with van der Waals surface area (Å²) in [6.07, 6.45) is 8.72. The van der Waals surface area contributed by atoms with E-state index in [2.05, 4.69) is 28.7 Å². The quantitative estimate of drug-likeness (QED) is 0.745. The molecule has 2 heterocycles. The molecule has 3 heteroatoms. The van der Waals surface area contributed by atoms with E-state index in [1.165, 1.54) is 90.9 Å². The molecule has 0 atom stereocenters. The zero-order chi connectivity index (χ0) is 14.7. The first kappa shape index (κ1) is 15.8. The Morgan fingerprint density at radius 3 is 2.14 bits per heavy atom. The van der Waals surface area contributed by atoms with Crippen LogP contribution >= 0.6 is 0 Å². The summed E-state index contributed by atoms with van der Waals surface area (Å²) in [5.41, 5.74) is 0.749. The highest BCUT2D eigenvalue weighted by molar-refractivity contribution is 4.95. The maximum Gasteiger partial charge on any atom is 0.0110 e. The van der Waals surface area contributed by atoms with Crippen LogP contribution in [0.15, 0.2) is 0 Å². The minimum absolute atomic E-state index is 0.749. The average molecular weight is 293 g/mol. The average Bonchev–Trinajstić information content (AvgIpc) is 3.23. The van der Waals surface area contributed by atoms with Gasteiger partial charge in [-0.25, -0.2) is 0 Å². The maximum atomic E-state index is 2.78. The summed E-state index contributed by atoms with van der Waals surface area (Å²) < 4.78 is 0. The van der Waals surface area contributed by atoms with Gasteiger partial charge in [-0.15, -0.1) is 0 Å². The Bertz CT molecular complexity index is 310. The highest BCUT2D eigenvalue weighted by Gasteiger charge is 2.43. The number of rotatable bonds is 6. The van der Waals surface area contributed by atoms with Crippen molar-refractivity contribution in [2.75, 3.05) is 59.4 Å². The van der Waals surface area contributed by atoms with E-state index in [-0.39, 0.29) is 0 Å². The first-order chi connectivity index (χ1) is 10.2. The van der Waals surface area contributed by atoms with Gasteiger partial charge in [-0.3, -0.25) is 0 Å². The van der Waals surface area contributed by atoms with E-state index in [9.17, 15) is 0 Å². The number of hydrogen-bond acceptors (Lipinski definition) is 3. The van der Waals surface area contributed by atoms with E-state index in [1.54, 1.807) is 0 Å². The molecule has 3 nitrogen and oxygen atoms in total. The topological polar surface area (TPSA) is 9.72 Å². The van der Waals surface area contributed by atoms with Gasteiger partial charge in [-0.1, -0.05) is 13.3 Å². The predicted molar refractivity (Wildman–Crippen MR) is 89.7 cm³/mol. The van der Waals surface area contributed by atoms with Crippen LogP contribution in [0.5, 0.6) is 0 Å². The second-order valence-corrected chi connectivity index (χ2v) is 8.07. The summed E-state index contributed by atoms with van der Waals surface area (Å²) in [6.45, 7) is 12.9. The second-order valence-electron chi connectivity index (χ2n) is 8.07. The van der Waals surface area contributed by atoms with Crippen LogP contribution in [0.25, 0.3) is 0 Å². The van der Waals surface area contributed by atoms with E-state index in [0.29, 0.717) is 0 Å². The first-order valence-corrected chi connectivity index (χ1v) is 9.32. The molecule has 2 aliphatic heterocycles. The van der Waals surface area contributed by atoms with Crippen molar-refractivity contribution in [3.05, 3.63) is 0 Å². The molecule has 0 N–H and O–H groups in total. The van der Waals surface area contributed by atoms with Crippen molar-refractivity contribution in [2.45, 2.75) is 45.4 Å². The molecule has 1 saturated carbocycles. The van der Waals surface area contributed by atoms with Crippen LogP contribution in [0.1, 0.15) is 45.4 Å². The maximum absolute atomic E-state index is 2.78. The lowest BCUT2D eigenvalue weighted by Gasteiger charge is -2.38. The number of likely N-dealkylation sites (tertiary alicyclic amines) is 1. The zero-order valence-electron chi connectivity index (χ0n) is 14.3. The van der Waals surface area contributed by atoms with Crippen LogP contribution < -0.4 is 0 Å². The van der Waals surface area contributed by atoms with Gasteiger partial charge in [0.2, 0.25) is 0 Å². The predicted octanol–water partition coefficient (Wildman–Crippen LogP) is 2.53. The molecule has 3 aliphatic rings. The van der Waals surface area contributed by atoms with Gasteiger partial charge < -0.3 is 14.7 Å². The molecular formula is C18H35N3. The second kappa shape index (κ2) is 6.97. The van der Waals surface area contributed by atoms with Crippen molar-refractivity contribution in [1.29, 1.82) is 0 Å². The first-order valence-electron chi connectivity index (χ1n) is 9.32. The molecule has 0 radical (unpaired) electrons. The minimum atomic E-state index is 0.749. The van der Waals surface area contributed by atoms with Crippen molar-refractivity contribution in [2.24, 2.45) is 11.3 Å². The van der Waals surface area contributed by atoms with Gasteiger partial charge in [0.05, 0.1) is 0 Å². The van der Waals surface area contributed by atoms with Crippen LogP contribution in [-0.4, -0.2) is 74.1 Å². The van der Waals surface area contributed by atoms with E-state index in [0.717, 1.165) is 11.3 Å². The van der Waals surface area contributed by atoms with Gasteiger partial charge >= 0.3 is 0 Å². The van der Waals surface area contributed by atoms with E-state index in [1.807, 2.05) is 0 Å². The third-order valence-corrected chi connectivity index (χ3v) is 6.12. The van der Waals surface area contributed by atoms with Crippen molar-refractivity contribution >= 4 is 0 Å². The molecule has 3 fully saturated rings. The zero-order valence-corrected chi connectivity index (χ0v) is 14.3. The molecule has 0 aromatic carbocycles. The lowest BCUT2D eigenvalue weighted by Crippen LogP contribution is -2.47. The number of nitrogens with zero attached hydrogens (tertiary/aromatic N) is 3. The van der Waals surface area contributed by atoms with E-state index in [4.69, 9.17) is 0 Å². The van der Waals surface area contributed by atoms with Crippen LogP contribution in [-0.2, 0) is 0 Å². The Morgan fingerprint density at radius 1 is 0.905 bits per heavy atom. The molecule has 0 spiro atoms. The highest BCUT2D eigenvalue weighted by Crippen LogP contribution is 2.50. The fourth-order valence-electron chi connectivity index (χ4n) is 4.39. The highest BCUT2D eigenvalue weighted by atomic mass is 15.2. The normalized spacial score (nSPS) is 28.9. The number of hydrogen-bond donors (Lipinski definition) is 0. The standard InChI is InChI=1S/C18H35N3/c1-3-6-18(7-8-18)16-21-9-4-17(5-10-21)15-20-13-11-19(2)12-14-20/h17H,3-16H2,1-2H3. The van der Waals surface area contributed by atoms with Gasteiger partial charge in [0, 0.05) is 39.3 Å². The minimum Gasteiger partial charge on any atom is -0.304 e. The fraction of sp³-hybridized carbons (Fsp3) is 1.00. The van der Waals surface area contributed by atoms with Gasteiger partial charge in [-0.2, -0.15) is 0 Å². The number of likely N-dealkylation sites (N-methyl/N-ethyl adjacent to an activating group) is 1. The SMILES string of the molecule is CCCC1(CN2CCC(CN3CCN(C)CC3)CC2)CC1. The third kappa shape index (κ3) is 4.43. The molecule has 0 aromatic rings.